The van der Waals surface area contributed by atoms with Gasteiger partial charge < -0.3 is 4.74 Å². The third-order valence-corrected chi connectivity index (χ3v) is 6.93. The molecule has 0 aliphatic heterocycles. The fourth-order valence-electron chi connectivity index (χ4n) is 4.59. The van der Waals surface area contributed by atoms with Crippen LogP contribution >= 0.6 is 0 Å². The van der Waals surface area contributed by atoms with E-state index in [0.29, 0.717) is 11.3 Å². The normalized spacial score (nSPS) is 10.9. The predicted molar refractivity (Wildman–Crippen MR) is 153 cm³/mol. The van der Waals surface area contributed by atoms with Gasteiger partial charge in [-0.05, 0) is 72.2 Å². The number of benzene rings is 3. The molecule has 3 aromatic carbocycles. The summed E-state index contributed by atoms with van der Waals surface area (Å²) in [6, 6.07) is 24.5. The molecule has 0 atom stereocenters. The molecule has 0 heterocycles. The van der Waals surface area contributed by atoms with Gasteiger partial charge in [0.15, 0.2) is 0 Å². The van der Waals surface area contributed by atoms with Crippen molar-refractivity contribution in [2.45, 2.75) is 97.3 Å². The molecule has 0 fully saturated rings. The number of esters is 1. The first-order valence-electron chi connectivity index (χ1n) is 14.2. The Morgan fingerprint density at radius 1 is 0.528 bits per heavy atom. The van der Waals surface area contributed by atoms with Crippen LogP contribution in [0.2, 0.25) is 0 Å². The van der Waals surface area contributed by atoms with E-state index >= 15 is 0 Å². The molecule has 0 aliphatic rings. The van der Waals surface area contributed by atoms with Crippen molar-refractivity contribution >= 4 is 5.97 Å². The number of carbonyl (C=O) groups is 1. The minimum atomic E-state index is -0.316. The average Bonchev–Trinajstić information content (AvgIpc) is 2.92. The van der Waals surface area contributed by atoms with Crippen LogP contribution in [0.1, 0.15) is 106 Å². The van der Waals surface area contributed by atoms with E-state index in [2.05, 4.69) is 50.2 Å². The second-order valence-electron chi connectivity index (χ2n) is 9.99. The standard InChI is InChI=1S/C34H44O2/c1-3-5-7-9-11-13-15-29-18-26-33(27-19-29)36-34(35)32-24-22-31(23-25-32)30-20-16-28(17-21-30)14-12-10-8-6-4-2/h16-27H,3-15H2,1-2H3. The van der Waals surface area contributed by atoms with E-state index in [0.717, 1.165) is 18.4 Å². The van der Waals surface area contributed by atoms with Crippen molar-refractivity contribution < 1.29 is 9.53 Å². The summed E-state index contributed by atoms with van der Waals surface area (Å²) in [5.74, 6) is 0.282. The summed E-state index contributed by atoms with van der Waals surface area (Å²) in [6.07, 6.45) is 16.6. The summed E-state index contributed by atoms with van der Waals surface area (Å²) in [5, 5.41) is 0. The Labute approximate surface area is 219 Å². The second-order valence-corrected chi connectivity index (χ2v) is 9.99. The van der Waals surface area contributed by atoms with E-state index in [1.54, 1.807) is 0 Å². The fourth-order valence-corrected chi connectivity index (χ4v) is 4.59. The van der Waals surface area contributed by atoms with E-state index in [1.165, 1.54) is 87.3 Å². The Balaban J connectivity index is 1.45. The molecule has 0 bridgehead atoms. The van der Waals surface area contributed by atoms with Gasteiger partial charge in [-0.3, -0.25) is 0 Å². The molecule has 3 aromatic rings. The zero-order chi connectivity index (χ0) is 25.4. The highest BCUT2D eigenvalue weighted by atomic mass is 16.5. The summed E-state index contributed by atoms with van der Waals surface area (Å²) in [4.78, 5) is 12.6. The third-order valence-electron chi connectivity index (χ3n) is 6.93. The van der Waals surface area contributed by atoms with E-state index in [-0.39, 0.29) is 5.97 Å². The van der Waals surface area contributed by atoms with Crippen LogP contribution in [0, 0.1) is 0 Å². The first kappa shape index (κ1) is 27.7. The first-order valence-corrected chi connectivity index (χ1v) is 14.2. The number of hydrogen-bond donors (Lipinski definition) is 0. The lowest BCUT2D eigenvalue weighted by Crippen LogP contribution is -2.08. The Kier molecular flexibility index (Phi) is 12.3. The summed E-state index contributed by atoms with van der Waals surface area (Å²) in [6.45, 7) is 4.50. The minimum absolute atomic E-state index is 0.316. The summed E-state index contributed by atoms with van der Waals surface area (Å²) in [5.41, 5.74) is 5.55. The topological polar surface area (TPSA) is 26.3 Å². The Hall–Kier alpha value is -2.87. The van der Waals surface area contributed by atoms with Gasteiger partial charge in [0, 0.05) is 0 Å². The molecule has 36 heavy (non-hydrogen) atoms. The molecule has 2 heteroatoms. The lowest BCUT2D eigenvalue weighted by molar-refractivity contribution is 0.0734. The Morgan fingerprint density at radius 3 is 1.44 bits per heavy atom. The molecular weight excluding hydrogens is 440 g/mol. The number of ether oxygens (including phenoxy) is 1. The van der Waals surface area contributed by atoms with Crippen LogP contribution in [0.5, 0.6) is 5.75 Å². The lowest BCUT2D eigenvalue weighted by atomic mass is 10.00. The van der Waals surface area contributed by atoms with Gasteiger partial charge in [-0.25, -0.2) is 4.79 Å². The van der Waals surface area contributed by atoms with Crippen molar-refractivity contribution in [1.29, 1.82) is 0 Å². The van der Waals surface area contributed by atoms with Crippen molar-refractivity contribution in [1.82, 2.24) is 0 Å². The zero-order valence-corrected chi connectivity index (χ0v) is 22.4. The molecule has 0 unspecified atom stereocenters. The molecule has 0 saturated heterocycles. The smallest absolute Gasteiger partial charge is 0.343 e. The van der Waals surface area contributed by atoms with Crippen molar-refractivity contribution in [3.63, 3.8) is 0 Å². The predicted octanol–water partition coefficient (Wildman–Crippen LogP) is 9.99. The molecule has 3 rings (SSSR count). The molecule has 0 saturated carbocycles. The highest BCUT2D eigenvalue weighted by Gasteiger charge is 2.09. The summed E-state index contributed by atoms with van der Waals surface area (Å²) < 4.78 is 5.61. The Bertz CT molecular complexity index is 1000. The summed E-state index contributed by atoms with van der Waals surface area (Å²) >= 11 is 0. The van der Waals surface area contributed by atoms with Gasteiger partial charge in [0.05, 0.1) is 5.56 Å². The van der Waals surface area contributed by atoms with Gasteiger partial charge in [-0.15, -0.1) is 0 Å². The maximum atomic E-state index is 12.6. The van der Waals surface area contributed by atoms with Crippen LogP contribution in [0.4, 0.5) is 0 Å². The molecule has 0 aromatic heterocycles. The zero-order valence-electron chi connectivity index (χ0n) is 22.4. The Morgan fingerprint density at radius 2 is 0.944 bits per heavy atom. The van der Waals surface area contributed by atoms with Gasteiger partial charge in [0.2, 0.25) is 0 Å². The summed E-state index contributed by atoms with van der Waals surface area (Å²) in [7, 11) is 0. The maximum absolute atomic E-state index is 12.6. The van der Waals surface area contributed by atoms with Crippen molar-refractivity contribution in [2.24, 2.45) is 0 Å². The van der Waals surface area contributed by atoms with Gasteiger partial charge in [-0.2, -0.15) is 0 Å². The number of aryl methyl sites for hydroxylation is 2. The van der Waals surface area contributed by atoms with Crippen molar-refractivity contribution in [3.05, 3.63) is 89.5 Å². The molecule has 0 aliphatic carbocycles. The molecule has 2 nitrogen and oxygen atoms in total. The van der Waals surface area contributed by atoms with E-state index in [9.17, 15) is 4.79 Å². The fraction of sp³-hybridized carbons (Fsp3) is 0.441. The SMILES string of the molecule is CCCCCCCCc1ccc(OC(=O)c2ccc(-c3ccc(CCCCCCC)cc3)cc2)cc1. The molecule has 0 N–H and O–H groups in total. The monoisotopic (exact) mass is 484 g/mol. The van der Waals surface area contributed by atoms with Crippen LogP contribution in [0.25, 0.3) is 11.1 Å². The van der Waals surface area contributed by atoms with E-state index in [1.807, 2.05) is 36.4 Å². The minimum Gasteiger partial charge on any atom is -0.423 e. The van der Waals surface area contributed by atoms with Crippen molar-refractivity contribution in [3.8, 4) is 16.9 Å². The quantitative estimate of drug-likeness (QED) is 0.115. The van der Waals surface area contributed by atoms with Crippen LogP contribution in [-0.2, 0) is 12.8 Å². The van der Waals surface area contributed by atoms with Gasteiger partial charge in [0.25, 0.3) is 0 Å². The molecule has 0 radical (unpaired) electrons. The molecule has 192 valence electrons. The van der Waals surface area contributed by atoms with Crippen molar-refractivity contribution in [2.75, 3.05) is 0 Å². The second kappa shape index (κ2) is 16.0. The highest BCUT2D eigenvalue weighted by Crippen LogP contribution is 2.22. The van der Waals surface area contributed by atoms with Gasteiger partial charge >= 0.3 is 5.97 Å². The molecular formula is C34H44O2. The highest BCUT2D eigenvalue weighted by molar-refractivity contribution is 5.91. The molecule has 0 amide bonds. The largest absolute Gasteiger partial charge is 0.423 e. The van der Waals surface area contributed by atoms with Gasteiger partial charge in [-0.1, -0.05) is 120 Å². The lowest BCUT2D eigenvalue weighted by Gasteiger charge is -2.08. The number of rotatable bonds is 16. The van der Waals surface area contributed by atoms with Crippen LogP contribution in [0.3, 0.4) is 0 Å². The first-order chi connectivity index (χ1) is 17.7. The van der Waals surface area contributed by atoms with E-state index in [4.69, 9.17) is 4.74 Å². The number of unbranched alkanes of at least 4 members (excludes halogenated alkanes) is 9. The number of hydrogen-bond acceptors (Lipinski definition) is 2. The molecule has 0 spiro atoms. The van der Waals surface area contributed by atoms with E-state index < -0.39 is 0 Å². The third kappa shape index (κ3) is 9.64. The number of carbonyl (C=O) groups excluding carboxylic acids is 1. The maximum Gasteiger partial charge on any atom is 0.343 e. The van der Waals surface area contributed by atoms with Crippen LogP contribution < -0.4 is 4.74 Å². The van der Waals surface area contributed by atoms with Crippen LogP contribution in [-0.4, -0.2) is 5.97 Å². The van der Waals surface area contributed by atoms with Gasteiger partial charge in [0.1, 0.15) is 5.75 Å². The average molecular weight is 485 g/mol. The van der Waals surface area contributed by atoms with Crippen LogP contribution in [0.15, 0.2) is 72.8 Å².